The van der Waals surface area contributed by atoms with E-state index >= 15 is 0 Å². The molecule has 2 aromatic rings. The molecule has 2 rings (SSSR count). The lowest BCUT2D eigenvalue weighted by Crippen LogP contribution is -1.85. The fourth-order valence-corrected chi connectivity index (χ4v) is 1.73. The lowest BCUT2D eigenvalue weighted by Gasteiger charge is -2.05. The first kappa shape index (κ1) is 9.95. The first-order chi connectivity index (χ1) is 7.13. The second-order valence-corrected chi connectivity index (χ2v) is 3.90. The van der Waals surface area contributed by atoms with E-state index in [-0.39, 0.29) is 0 Å². The number of nitrogens with zero attached hydrogens (tertiary/aromatic N) is 2. The van der Waals surface area contributed by atoms with Gasteiger partial charge in [0.05, 0.1) is 17.1 Å². The molecule has 0 N–H and O–H groups in total. The van der Waals surface area contributed by atoms with Crippen LogP contribution in [0.4, 0.5) is 5.69 Å². The molecule has 0 bridgehead atoms. The van der Waals surface area contributed by atoms with Crippen molar-refractivity contribution in [3.8, 4) is 0 Å². The number of aromatic nitrogens is 1. The molecule has 1 heterocycles. The fraction of sp³-hybridized carbons (Fsp3) is 0.167. The molecule has 0 atom stereocenters. The summed E-state index contributed by atoms with van der Waals surface area (Å²) in [5, 5.41) is 1.35. The number of rotatable bonds is 0. The summed E-state index contributed by atoms with van der Waals surface area (Å²) >= 11 is 6.11. The molecule has 2 nitrogen and oxygen atoms in total. The van der Waals surface area contributed by atoms with Crippen molar-refractivity contribution in [2.24, 2.45) is 0 Å². The topological polar surface area (TPSA) is 17.2 Å². The highest BCUT2D eigenvalue weighted by Crippen LogP contribution is 2.32. The third kappa shape index (κ3) is 1.55. The summed E-state index contributed by atoms with van der Waals surface area (Å²) < 4.78 is 0. The van der Waals surface area contributed by atoms with Crippen LogP contribution in [0, 0.1) is 20.4 Å². The van der Waals surface area contributed by atoms with E-state index < -0.39 is 0 Å². The van der Waals surface area contributed by atoms with Crippen LogP contribution in [0.5, 0.6) is 0 Å². The summed E-state index contributed by atoms with van der Waals surface area (Å²) in [6, 6.07) is 3.97. The Morgan fingerprint density at radius 3 is 2.60 bits per heavy atom. The number of fused-ring (bicyclic) bond motifs is 1. The van der Waals surface area contributed by atoms with Gasteiger partial charge in [-0.3, -0.25) is 4.98 Å². The van der Waals surface area contributed by atoms with Crippen LogP contribution in [-0.4, -0.2) is 4.98 Å². The van der Waals surface area contributed by atoms with Crippen molar-refractivity contribution in [1.82, 2.24) is 4.98 Å². The van der Waals surface area contributed by atoms with Crippen LogP contribution < -0.4 is 0 Å². The SMILES string of the molecule is [C-]#[N+]c1cnc2cc(C)c(C)cc2c1Cl. The quantitative estimate of drug-likeness (QED) is 0.607. The molecule has 3 heteroatoms. The lowest BCUT2D eigenvalue weighted by atomic mass is 10.1. The molecular weight excluding hydrogens is 208 g/mol. The van der Waals surface area contributed by atoms with Crippen molar-refractivity contribution in [2.75, 3.05) is 0 Å². The molecular formula is C12H9ClN2. The second kappa shape index (κ2) is 3.52. The Hall–Kier alpha value is -1.59. The van der Waals surface area contributed by atoms with Gasteiger partial charge >= 0.3 is 0 Å². The van der Waals surface area contributed by atoms with E-state index in [1.165, 1.54) is 11.8 Å². The average molecular weight is 217 g/mol. The van der Waals surface area contributed by atoms with Crippen LogP contribution in [0.25, 0.3) is 15.7 Å². The number of hydrogen-bond donors (Lipinski definition) is 0. The highest BCUT2D eigenvalue weighted by Gasteiger charge is 2.07. The molecule has 0 radical (unpaired) electrons. The van der Waals surface area contributed by atoms with E-state index in [2.05, 4.69) is 9.83 Å². The summed E-state index contributed by atoms with van der Waals surface area (Å²) in [7, 11) is 0. The first-order valence-corrected chi connectivity index (χ1v) is 4.94. The van der Waals surface area contributed by atoms with Gasteiger partial charge in [0, 0.05) is 11.6 Å². The maximum Gasteiger partial charge on any atom is 0.223 e. The zero-order chi connectivity index (χ0) is 11.0. The van der Waals surface area contributed by atoms with Gasteiger partial charge in [0.1, 0.15) is 0 Å². The number of benzene rings is 1. The number of pyridine rings is 1. The third-order valence-corrected chi connectivity index (χ3v) is 2.92. The minimum atomic E-state index is 0.410. The predicted octanol–water partition coefficient (Wildman–Crippen LogP) is 4.06. The minimum Gasteiger partial charge on any atom is -0.268 e. The van der Waals surface area contributed by atoms with Crippen molar-refractivity contribution in [1.29, 1.82) is 0 Å². The monoisotopic (exact) mass is 216 g/mol. The average Bonchev–Trinajstić information content (AvgIpc) is 2.22. The Morgan fingerprint density at radius 1 is 1.27 bits per heavy atom. The van der Waals surface area contributed by atoms with Gasteiger partial charge in [-0.15, -0.1) is 0 Å². The Morgan fingerprint density at radius 2 is 1.93 bits per heavy atom. The number of hydrogen-bond acceptors (Lipinski definition) is 1. The summed E-state index contributed by atoms with van der Waals surface area (Å²) in [5.41, 5.74) is 3.60. The molecule has 0 fully saturated rings. The van der Waals surface area contributed by atoms with Gasteiger partial charge in [0.25, 0.3) is 0 Å². The Labute approximate surface area is 93.3 Å². The van der Waals surface area contributed by atoms with Gasteiger partial charge in [-0.25, -0.2) is 4.85 Å². The Kier molecular flexibility index (Phi) is 2.34. The van der Waals surface area contributed by atoms with Crippen LogP contribution in [-0.2, 0) is 0 Å². The molecule has 74 valence electrons. The van der Waals surface area contributed by atoms with Gasteiger partial charge in [0.15, 0.2) is 0 Å². The van der Waals surface area contributed by atoms with E-state index in [0.717, 1.165) is 16.5 Å². The van der Waals surface area contributed by atoms with Crippen LogP contribution >= 0.6 is 11.6 Å². The molecule has 0 unspecified atom stereocenters. The summed E-state index contributed by atoms with van der Waals surface area (Å²) in [6.45, 7) is 11.0. The van der Waals surface area contributed by atoms with Gasteiger partial charge in [-0.05, 0) is 37.1 Å². The van der Waals surface area contributed by atoms with E-state index in [9.17, 15) is 0 Å². The van der Waals surface area contributed by atoms with Crippen LogP contribution in [0.3, 0.4) is 0 Å². The van der Waals surface area contributed by atoms with E-state index in [1.54, 1.807) is 0 Å². The molecule has 0 amide bonds. The van der Waals surface area contributed by atoms with Crippen LogP contribution in [0.15, 0.2) is 18.3 Å². The maximum absolute atomic E-state index is 6.96. The fourth-order valence-electron chi connectivity index (χ4n) is 1.49. The summed E-state index contributed by atoms with van der Waals surface area (Å²) in [6.07, 6.45) is 1.52. The van der Waals surface area contributed by atoms with E-state index in [0.29, 0.717) is 10.7 Å². The molecule has 0 aliphatic rings. The standard InChI is InChI=1S/C12H9ClN2/c1-7-4-9-10(5-8(7)2)15-6-11(14-3)12(9)13/h4-6H,1-2H3. The first-order valence-electron chi connectivity index (χ1n) is 4.56. The van der Waals surface area contributed by atoms with E-state index in [4.69, 9.17) is 18.2 Å². The predicted molar refractivity (Wildman–Crippen MR) is 62.5 cm³/mol. The lowest BCUT2D eigenvalue weighted by molar-refractivity contribution is 1.33. The highest BCUT2D eigenvalue weighted by atomic mass is 35.5. The van der Waals surface area contributed by atoms with Gasteiger partial charge in [0.2, 0.25) is 5.69 Å². The molecule has 0 saturated heterocycles. The zero-order valence-electron chi connectivity index (χ0n) is 8.50. The molecule has 0 aliphatic carbocycles. The zero-order valence-corrected chi connectivity index (χ0v) is 9.26. The molecule has 0 saturated carbocycles. The summed E-state index contributed by atoms with van der Waals surface area (Å²) in [5.74, 6) is 0. The van der Waals surface area contributed by atoms with Crippen LogP contribution in [0.1, 0.15) is 11.1 Å². The Balaban J connectivity index is 2.89. The maximum atomic E-state index is 6.96. The third-order valence-electron chi connectivity index (χ3n) is 2.52. The normalized spacial score (nSPS) is 10.3. The molecule has 0 spiro atoms. The van der Waals surface area contributed by atoms with Crippen molar-refractivity contribution >= 4 is 28.2 Å². The smallest absolute Gasteiger partial charge is 0.223 e. The second-order valence-electron chi connectivity index (χ2n) is 3.52. The van der Waals surface area contributed by atoms with Crippen molar-refractivity contribution in [2.45, 2.75) is 13.8 Å². The molecule has 1 aromatic heterocycles. The number of aryl methyl sites for hydroxylation is 2. The van der Waals surface area contributed by atoms with Crippen molar-refractivity contribution in [3.05, 3.63) is 45.9 Å². The Bertz CT molecular complexity index is 582. The van der Waals surface area contributed by atoms with Crippen LogP contribution in [0.2, 0.25) is 5.02 Å². The molecule has 1 aromatic carbocycles. The molecule has 0 aliphatic heterocycles. The minimum absolute atomic E-state index is 0.410. The molecule has 15 heavy (non-hydrogen) atoms. The largest absolute Gasteiger partial charge is 0.268 e. The summed E-state index contributed by atoms with van der Waals surface area (Å²) in [4.78, 5) is 7.54. The number of halogens is 1. The van der Waals surface area contributed by atoms with Gasteiger partial charge in [-0.1, -0.05) is 11.6 Å². The van der Waals surface area contributed by atoms with Crippen molar-refractivity contribution in [3.63, 3.8) is 0 Å². The van der Waals surface area contributed by atoms with Crippen molar-refractivity contribution < 1.29 is 0 Å². The van der Waals surface area contributed by atoms with Gasteiger partial charge in [-0.2, -0.15) is 0 Å². The highest BCUT2D eigenvalue weighted by molar-refractivity contribution is 6.38. The van der Waals surface area contributed by atoms with Gasteiger partial charge < -0.3 is 0 Å². The van der Waals surface area contributed by atoms with E-state index in [1.807, 2.05) is 26.0 Å².